The minimum absolute atomic E-state index is 0.0820. The van der Waals surface area contributed by atoms with Crippen LogP contribution in [0.3, 0.4) is 0 Å². The molecule has 6 nitrogen and oxygen atoms in total. The first-order valence-corrected chi connectivity index (χ1v) is 11.7. The van der Waals surface area contributed by atoms with E-state index in [1.807, 2.05) is 91.0 Å². The predicted molar refractivity (Wildman–Crippen MR) is 142 cm³/mol. The number of rotatable bonds is 8. The fourth-order valence-electron chi connectivity index (χ4n) is 3.47. The summed E-state index contributed by atoms with van der Waals surface area (Å²) in [5, 5.41) is 8.60. The van der Waals surface area contributed by atoms with Gasteiger partial charge < -0.3 is 10.1 Å². The van der Waals surface area contributed by atoms with Crippen LogP contribution in [0.25, 0.3) is 0 Å². The third kappa shape index (κ3) is 7.85. The molecule has 0 saturated carbocycles. The highest BCUT2D eigenvalue weighted by atomic mass is 16.6. The number of nitrogens with one attached hydrogen (secondary N) is 1. The molecular weight excluding hydrogens is 450 g/mol. The highest BCUT2D eigenvalue weighted by Crippen LogP contribution is 2.14. The van der Waals surface area contributed by atoms with Crippen LogP contribution >= 0.6 is 0 Å². The Balaban J connectivity index is 1.93. The molecule has 36 heavy (non-hydrogen) atoms. The molecule has 0 aliphatic heterocycles. The van der Waals surface area contributed by atoms with Gasteiger partial charge in [-0.05, 0) is 26.3 Å². The number of hydrogen-bond acceptors (Lipinski definition) is 4. The molecule has 6 heteroatoms. The van der Waals surface area contributed by atoms with Crippen LogP contribution in [0.15, 0.2) is 96.1 Å². The first-order valence-electron chi connectivity index (χ1n) is 11.7. The minimum Gasteiger partial charge on any atom is -0.458 e. The van der Waals surface area contributed by atoms with Gasteiger partial charge in [-0.25, -0.2) is 14.6 Å². The highest BCUT2D eigenvalue weighted by Gasteiger charge is 2.29. The molecule has 3 aromatic carbocycles. The van der Waals surface area contributed by atoms with Gasteiger partial charge in [0.2, 0.25) is 0 Å². The van der Waals surface area contributed by atoms with Crippen molar-refractivity contribution in [3.63, 3.8) is 0 Å². The largest absolute Gasteiger partial charge is 0.458 e. The van der Waals surface area contributed by atoms with E-state index in [0.717, 1.165) is 21.7 Å². The second-order valence-electron chi connectivity index (χ2n) is 9.17. The predicted octanol–water partition coefficient (Wildman–Crippen LogP) is 5.04. The molecule has 0 saturated heterocycles. The first-order chi connectivity index (χ1) is 17.3. The van der Waals surface area contributed by atoms with E-state index in [-0.39, 0.29) is 13.0 Å². The number of esters is 1. The second-order valence-corrected chi connectivity index (χ2v) is 9.17. The number of nitrogens with zero attached hydrogens (tertiary/aromatic N) is 2. The lowest BCUT2D eigenvalue weighted by molar-refractivity contribution is -0.157. The van der Waals surface area contributed by atoms with Crippen molar-refractivity contribution in [2.45, 2.75) is 38.8 Å². The van der Waals surface area contributed by atoms with Crippen LogP contribution in [-0.2, 0) is 16.0 Å². The molecule has 0 radical (unpaired) electrons. The number of ether oxygens (including phenoxy) is 1. The Kier molecular flexibility index (Phi) is 9.01. The molecule has 0 spiro atoms. The summed E-state index contributed by atoms with van der Waals surface area (Å²) >= 11 is 0. The SMILES string of the molecule is C#CCN(N=C(c1ccccc1)c1ccccc1)C(=O)N[C@@H](Cc1ccccc1)C(=O)OC(C)(C)C. The van der Waals surface area contributed by atoms with E-state index in [2.05, 4.69) is 16.3 Å². The second kappa shape index (κ2) is 12.4. The van der Waals surface area contributed by atoms with E-state index >= 15 is 0 Å². The van der Waals surface area contributed by atoms with E-state index in [0.29, 0.717) is 5.71 Å². The standard InChI is InChI=1S/C30H31N3O3/c1-5-21-33(32-27(24-17-11-7-12-18-24)25-19-13-8-14-20-25)29(35)31-26(28(34)36-30(2,3)4)22-23-15-9-6-10-16-23/h1,6-20,26H,21-22H2,2-4H3,(H,31,35)/t26-/m0/s1. The van der Waals surface area contributed by atoms with Gasteiger partial charge in [0.25, 0.3) is 0 Å². The Morgan fingerprint density at radius 3 is 1.89 bits per heavy atom. The van der Waals surface area contributed by atoms with Crippen LogP contribution < -0.4 is 5.32 Å². The quantitative estimate of drug-likeness (QED) is 0.212. The Morgan fingerprint density at radius 1 is 0.917 bits per heavy atom. The number of terminal acetylenes is 1. The van der Waals surface area contributed by atoms with Crippen molar-refractivity contribution >= 4 is 17.7 Å². The maximum atomic E-state index is 13.4. The normalized spacial score (nSPS) is 11.5. The lowest BCUT2D eigenvalue weighted by Crippen LogP contribution is -2.49. The van der Waals surface area contributed by atoms with Crippen LogP contribution in [0.5, 0.6) is 0 Å². The van der Waals surface area contributed by atoms with Crippen molar-refractivity contribution in [2.24, 2.45) is 5.10 Å². The molecular formula is C30H31N3O3. The summed E-state index contributed by atoms with van der Waals surface area (Å²) in [5.74, 6) is 1.96. The van der Waals surface area contributed by atoms with Gasteiger partial charge in [-0.2, -0.15) is 5.10 Å². The summed E-state index contributed by atoms with van der Waals surface area (Å²) in [7, 11) is 0. The average Bonchev–Trinajstić information content (AvgIpc) is 2.86. The molecule has 0 heterocycles. The fourth-order valence-corrected chi connectivity index (χ4v) is 3.47. The van der Waals surface area contributed by atoms with E-state index in [9.17, 15) is 9.59 Å². The lowest BCUT2D eigenvalue weighted by Gasteiger charge is -2.26. The molecule has 0 aliphatic carbocycles. The maximum Gasteiger partial charge on any atom is 0.339 e. The van der Waals surface area contributed by atoms with Crippen LogP contribution in [0.1, 0.15) is 37.5 Å². The van der Waals surface area contributed by atoms with Crippen molar-refractivity contribution in [3.05, 3.63) is 108 Å². The van der Waals surface area contributed by atoms with E-state index in [1.54, 1.807) is 20.8 Å². The molecule has 1 atom stereocenters. The fraction of sp³-hybridized carbons (Fsp3) is 0.233. The highest BCUT2D eigenvalue weighted by molar-refractivity contribution is 6.13. The molecule has 0 unspecified atom stereocenters. The summed E-state index contributed by atoms with van der Waals surface area (Å²) in [4.78, 5) is 26.4. The third-order valence-electron chi connectivity index (χ3n) is 5.06. The molecule has 3 aromatic rings. The van der Waals surface area contributed by atoms with Crippen LogP contribution in [0.4, 0.5) is 4.79 Å². The smallest absolute Gasteiger partial charge is 0.339 e. The molecule has 0 fully saturated rings. The van der Waals surface area contributed by atoms with E-state index in [4.69, 9.17) is 11.2 Å². The Hall–Kier alpha value is -4.37. The molecule has 2 amide bonds. The molecule has 0 aliphatic rings. The van der Waals surface area contributed by atoms with Gasteiger partial charge in [-0.1, -0.05) is 96.9 Å². The molecule has 0 aromatic heterocycles. The van der Waals surface area contributed by atoms with Gasteiger partial charge >= 0.3 is 12.0 Å². The first kappa shape index (κ1) is 26.2. The zero-order valence-electron chi connectivity index (χ0n) is 20.8. The molecule has 184 valence electrons. The Bertz CT molecular complexity index is 1170. The van der Waals surface area contributed by atoms with Crippen molar-refractivity contribution in [1.82, 2.24) is 10.3 Å². The third-order valence-corrected chi connectivity index (χ3v) is 5.06. The Labute approximate surface area is 213 Å². The van der Waals surface area contributed by atoms with Crippen molar-refractivity contribution in [1.29, 1.82) is 0 Å². The van der Waals surface area contributed by atoms with Gasteiger partial charge in [0, 0.05) is 17.5 Å². The van der Waals surface area contributed by atoms with Crippen LogP contribution in [0, 0.1) is 12.3 Å². The van der Waals surface area contributed by atoms with Gasteiger partial charge in [0.05, 0.1) is 5.71 Å². The monoisotopic (exact) mass is 481 g/mol. The number of hydrogen-bond donors (Lipinski definition) is 1. The van der Waals surface area contributed by atoms with E-state index in [1.165, 1.54) is 0 Å². The number of carbonyl (C=O) groups is 2. The number of benzene rings is 3. The zero-order chi connectivity index (χ0) is 26.0. The molecule has 0 bridgehead atoms. The van der Waals surface area contributed by atoms with Crippen molar-refractivity contribution in [2.75, 3.05) is 6.54 Å². The van der Waals surface area contributed by atoms with Crippen LogP contribution in [0.2, 0.25) is 0 Å². The topological polar surface area (TPSA) is 71.0 Å². The van der Waals surface area contributed by atoms with Crippen LogP contribution in [-0.4, -0.2) is 40.9 Å². The maximum absolute atomic E-state index is 13.4. The number of urea groups is 1. The number of amides is 2. The summed E-state index contributed by atoms with van der Waals surface area (Å²) in [6, 6.07) is 27.0. The zero-order valence-corrected chi connectivity index (χ0v) is 20.8. The summed E-state index contributed by atoms with van der Waals surface area (Å²) in [5.41, 5.74) is 2.41. The van der Waals surface area contributed by atoms with Gasteiger partial charge in [-0.3, -0.25) is 0 Å². The lowest BCUT2D eigenvalue weighted by atomic mass is 10.0. The van der Waals surface area contributed by atoms with Crippen molar-refractivity contribution < 1.29 is 14.3 Å². The number of hydrazone groups is 1. The average molecular weight is 482 g/mol. The molecule has 3 rings (SSSR count). The summed E-state index contributed by atoms with van der Waals surface area (Å²) in [6.45, 7) is 5.27. The summed E-state index contributed by atoms with van der Waals surface area (Å²) < 4.78 is 5.58. The van der Waals surface area contributed by atoms with Gasteiger partial charge in [-0.15, -0.1) is 6.42 Å². The van der Waals surface area contributed by atoms with Gasteiger partial charge in [0.15, 0.2) is 0 Å². The van der Waals surface area contributed by atoms with E-state index < -0.39 is 23.6 Å². The number of carbonyl (C=O) groups excluding carboxylic acids is 2. The Morgan fingerprint density at radius 2 is 1.42 bits per heavy atom. The van der Waals surface area contributed by atoms with Crippen molar-refractivity contribution in [3.8, 4) is 12.3 Å². The summed E-state index contributed by atoms with van der Waals surface area (Å²) in [6.07, 6.45) is 5.85. The molecule has 1 N–H and O–H groups in total. The minimum atomic E-state index is -0.925. The van der Waals surface area contributed by atoms with Gasteiger partial charge in [0.1, 0.15) is 18.2 Å².